The van der Waals surface area contributed by atoms with E-state index < -0.39 is 9.84 Å². The highest BCUT2D eigenvalue weighted by molar-refractivity contribution is 7.90. The van der Waals surface area contributed by atoms with Gasteiger partial charge >= 0.3 is 0 Å². The van der Waals surface area contributed by atoms with E-state index in [4.69, 9.17) is 0 Å². The van der Waals surface area contributed by atoms with Crippen LogP contribution in [0.3, 0.4) is 0 Å². The van der Waals surface area contributed by atoms with E-state index in [0.717, 1.165) is 11.9 Å². The zero-order valence-corrected chi connectivity index (χ0v) is 12.5. The molecule has 2 rings (SSSR count). The molecule has 0 bridgehead atoms. The number of nitrogens with one attached hydrogen (secondary N) is 1. The third-order valence-corrected chi connectivity index (χ3v) is 3.83. The Labute approximate surface area is 119 Å². The van der Waals surface area contributed by atoms with Gasteiger partial charge in [0.25, 0.3) is 0 Å². The summed E-state index contributed by atoms with van der Waals surface area (Å²) in [6.07, 6.45) is 2.36. The molecule has 106 valence electrons. The molecule has 1 heterocycles. The van der Waals surface area contributed by atoms with Crippen LogP contribution in [0.4, 0.5) is 11.5 Å². The average molecular weight is 291 g/mol. The Hall–Kier alpha value is -1.95. The summed E-state index contributed by atoms with van der Waals surface area (Å²) in [6, 6.07) is 9.37. The highest BCUT2D eigenvalue weighted by Crippen LogP contribution is 2.21. The molecule has 0 atom stereocenters. The Bertz CT molecular complexity index is 712. The third-order valence-electron chi connectivity index (χ3n) is 2.85. The SMILES string of the molecule is CC(C)c1cccc(Nc2cc(S(C)(=O)=O)ncn2)c1. The first-order chi connectivity index (χ1) is 9.36. The van der Waals surface area contributed by atoms with Gasteiger partial charge in [-0.1, -0.05) is 26.0 Å². The van der Waals surface area contributed by atoms with Crippen LogP contribution in [0, 0.1) is 0 Å². The van der Waals surface area contributed by atoms with Crippen molar-refractivity contribution in [2.24, 2.45) is 0 Å². The Morgan fingerprint density at radius 1 is 1.15 bits per heavy atom. The van der Waals surface area contributed by atoms with Crippen molar-refractivity contribution < 1.29 is 8.42 Å². The van der Waals surface area contributed by atoms with Gasteiger partial charge in [-0.2, -0.15) is 0 Å². The summed E-state index contributed by atoms with van der Waals surface area (Å²) in [5, 5.41) is 3.11. The fourth-order valence-corrected chi connectivity index (χ4v) is 2.30. The third kappa shape index (κ3) is 3.54. The number of rotatable bonds is 4. The second kappa shape index (κ2) is 5.58. The Balaban J connectivity index is 2.29. The molecule has 1 N–H and O–H groups in total. The van der Waals surface area contributed by atoms with Gasteiger partial charge in [-0.15, -0.1) is 0 Å². The van der Waals surface area contributed by atoms with Crippen molar-refractivity contribution in [1.29, 1.82) is 0 Å². The number of hydrogen-bond acceptors (Lipinski definition) is 5. The lowest BCUT2D eigenvalue weighted by molar-refractivity contribution is 0.598. The minimum Gasteiger partial charge on any atom is -0.340 e. The number of hydrogen-bond donors (Lipinski definition) is 1. The molecule has 0 spiro atoms. The molecule has 0 fully saturated rings. The summed E-state index contributed by atoms with van der Waals surface area (Å²) in [7, 11) is -3.33. The Kier molecular flexibility index (Phi) is 4.04. The van der Waals surface area contributed by atoms with Crippen molar-refractivity contribution in [1.82, 2.24) is 9.97 Å². The first kappa shape index (κ1) is 14.5. The molecule has 20 heavy (non-hydrogen) atoms. The zero-order chi connectivity index (χ0) is 14.8. The van der Waals surface area contributed by atoms with Gasteiger partial charge in [0.1, 0.15) is 12.1 Å². The van der Waals surface area contributed by atoms with E-state index in [1.165, 1.54) is 18.0 Å². The number of anilines is 2. The molecule has 0 radical (unpaired) electrons. The summed E-state index contributed by atoms with van der Waals surface area (Å²) in [6.45, 7) is 4.23. The van der Waals surface area contributed by atoms with Crippen LogP contribution in [0.25, 0.3) is 0 Å². The van der Waals surface area contributed by atoms with Crippen LogP contribution in [0.15, 0.2) is 41.7 Å². The number of sulfone groups is 1. The van der Waals surface area contributed by atoms with E-state index in [1.807, 2.05) is 18.2 Å². The van der Waals surface area contributed by atoms with Crippen LogP contribution in [-0.2, 0) is 9.84 Å². The fraction of sp³-hybridized carbons (Fsp3) is 0.286. The minimum absolute atomic E-state index is 0.00927. The summed E-state index contributed by atoms with van der Waals surface area (Å²) in [5.74, 6) is 0.884. The number of aromatic nitrogens is 2. The van der Waals surface area contributed by atoms with E-state index in [1.54, 1.807) is 0 Å². The number of benzene rings is 1. The molecule has 0 saturated carbocycles. The largest absolute Gasteiger partial charge is 0.340 e. The van der Waals surface area contributed by atoms with Gasteiger partial charge in [-0.3, -0.25) is 0 Å². The zero-order valence-electron chi connectivity index (χ0n) is 11.7. The van der Waals surface area contributed by atoms with E-state index in [2.05, 4.69) is 35.2 Å². The first-order valence-electron chi connectivity index (χ1n) is 6.25. The average Bonchev–Trinajstić information content (AvgIpc) is 2.38. The second-order valence-electron chi connectivity index (χ2n) is 4.92. The van der Waals surface area contributed by atoms with E-state index in [9.17, 15) is 8.42 Å². The van der Waals surface area contributed by atoms with Crippen LogP contribution in [0.1, 0.15) is 25.3 Å². The fourth-order valence-electron chi connectivity index (χ4n) is 1.73. The van der Waals surface area contributed by atoms with Crippen molar-refractivity contribution in [3.05, 3.63) is 42.2 Å². The van der Waals surface area contributed by atoms with Gasteiger partial charge in [0.05, 0.1) is 0 Å². The molecule has 1 aromatic carbocycles. The normalized spacial score (nSPS) is 11.6. The van der Waals surface area contributed by atoms with Gasteiger partial charge < -0.3 is 5.32 Å². The first-order valence-corrected chi connectivity index (χ1v) is 8.14. The maximum absolute atomic E-state index is 11.5. The molecule has 0 saturated heterocycles. The van der Waals surface area contributed by atoms with Gasteiger partial charge in [0, 0.05) is 18.0 Å². The van der Waals surface area contributed by atoms with Crippen molar-refractivity contribution in [3.63, 3.8) is 0 Å². The maximum Gasteiger partial charge on any atom is 0.192 e. The summed E-state index contributed by atoms with van der Waals surface area (Å²) in [4.78, 5) is 7.80. The second-order valence-corrected chi connectivity index (χ2v) is 6.88. The Morgan fingerprint density at radius 2 is 1.90 bits per heavy atom. The van der Waals surface area contributed by atoms with Gasteiger partial charge in [-0.05, 0) is 23.6 Å². The maximum atomic E-state index is 11.5. The van der Waals surface area contributed by atoms with Gasteiger partial charge in [0.15, 0.2) is 14.9 Å². The topological polar surface area (TPSA) is 72.0 Å². The van der Waals surface area contributed by atoms with E-state index in [0.29, 0.717) is 11.7 Å². The van der Waals surface area contributed by atoms with Crippen molar-refractivity contribution >= 4 is 21.3 Å². The van der Waals surface area contributed by atoms with Crippen LogP contribution >= 0.6 is 0 Å². The van der Waals surface area contributed by atoms with Crippen LogP contribution < -0.4 is 5.32 Å². The van der Waals surface area contributed by atoms with E-state index >= 15 is 0 Å². The van der Waals surface area contributed by atoms with Crippen LogP contribution in [-0.4, -0.2) is 24.6 Å². The van der Waals surface area contributed by atoms with Gasteiger partial charge in [0.2, 0.25) is 0 Å². The molecule has 6 heteroatoms. The molecule has 0 aliphatic carbocycles. The summed E-state index contributed by atoms with van der Waals surface area (Å²) < 4.78 is 22.9. The predicted molar refractivity (Wildman–Crippen MR) is 79.0 cm³/mol. The highest BCUT2D eigenvalue weighted by atomic mass is 32.2. The highest BCUT2D eigenvalue weighted by Gasteiger charge is 2.10. The molecule has 2 aromatic rings. The van der Waals surface area contributed by atoms with Crippen molar-refractivity contribution in [2.75, 3.05) is 11.6 Å². The smallest absolute Gasteiger partial charge is 0.192 e. The van der Waals surface area contributed by atoms with Crippen molar-refractivity contribution in [2.45, 2.75) is 24.8 Å². The standard InChI is InChI=1S/C14H17N3O2S/c1-10(2)11-5-4-6-12(7-11)17-13-8-14(16-9-15-13)20(3,18)19/h4-10H,1-3H3,(H,15,16,17). The predicted octanol–water partition coefficient (Wildman–Crippen LogP) is 2.75. The molecule has 1 aromatic heterocycles. The lowest BCUT2D eigenvalue weighted by Crippen LogP contribution is -2.03. The molecule has 0 unspecified atom stereocenters. The number of nitrogens with zero attached hydrogens (tertiary/aromatic N) is 2. The lowest BCUT2D eigenvalue weighted by atomic mass is 10.0. The van der Waals surface area contributed by atoms with E-state index in [-0.39, 0.29) is 5.03 Å². The molecular weight excluding hydrogens is 274 g/mol. The minimum atomic E-state index is -3.33. The van der Waals surface area contributed by atoms with Crippen molar-refractivity contribution in [3.8, 4) is 0 Å². The molecular formula is C14H17N3O2S. The molecule has 0 aliphatic rings. The summed E-state index contributed by atoms with van der Waals surface area (Å²) >= 11 is 0. The Morgan fingerprint density at radius 3 is 2.55 bits per heavy atom. The lowest BCUT2D eigenvalue weighted by Gasteiger charge is -2.10. The van der Waals surface area contributed by atoms with Gasteiger partial charge in [-0.25, -0.2) is 18.4 Å². The summed E-state index contributed by atoms with van der Waals surface area (Å²) in [5.41, 5.74) is 2.07. The molecule has 0 aliphatic heterocycles. The monoisotopic (exact) mass is 291 g/mol. The van der Waals surface area contributed by atoms with Crippen LogP contribution in [0.5, 0.6) is 0 Å². The van der Waals surface area contributed by atoms with Crippen LogP contribution in [0.2, 0.25) is 0 Å². The quantitative estimate of drug-likeness (QED) is 0.877. The molecule has 5 nitrogen and oxygen atoms in total. The molecule has 0 amide bonds.